The maximum Gasteiger partial charge on any atom is 0.0781 e. The summed E-state index contributed by atoms with van der Waals surface area (Å²) in [5.74, 6) is 0. The Morgan fingerprint density at radius 1 is 0.867 bits per heavy atom. The fourth-order valence-electron chi connectivity index (χ4n) is 1.95. The molecule has 0 bridgehead atoms. The highest BCUT2D eigenvalue weighted by Crippen LogP contribution is 2.24. The summed E-state index contributed by atoms with van der Waals surface area (Å²) in [6, 6.07) is 10.3. The molecule has 0 aliphatic rings. The Bertz CT molecular complexity index is 644. The molecule has 72 valence electrons. The van der Waals surface area contributed by atoms with Gasteiger partial charge in [0, 0.05) is 34.2 Å². The molecule has 2 heterocycles. The SMILES string of the molecule is Cc1nccc2c1ccc1cccnc12. The van der Waals surface area contributed by atoms with Gasteiger partial charge in [0.2, 0.25) is 0 Å². The molecule has 0 saturated carbocycles. The van der Waals surface area contributed by atoms with E-state index in [-0.39, 0.29) is 0 Å². The third kappa shape index (κ3) is 1.18. The molecule has 0 atom stereocenters. The van der Waals surface area contributed by atoms with Crippen molar-refractivity contribution < 1.29 is 0 Å². The molecule has 0 N–H and O–H groups in total. The van der Waals surface area contributed by atoms with Crippen LogP contribution in [0.15, 0.2) is 42.7 Å². The van der Waals surface area contributed by atoms with Gasteiger partial charge in [-0.2, -0.15) is 0 Å². The summed E-state index contributed by atoms with van der Waals surface area (Å²) in [6.07, 6.45) is 3.67. The summed E-state index contributed by atoms with van der Waals surface area (Å²) in [6.45, 7) is 2.02. The van der Waals surface area contributed by atoms with Gasteiger partial charge in [0.25, 0.3) is 0 Å². The quantitative estimate of drug-likeness (QED) is 0.514. The van der Waals surface area contributed by atoms with Crippen LogP contribution < -0.4 is 0 Å². The lowest BCUT2D eigenvalue weighted by Gasteiger charge is -2.03. The third-order valence-corrected chi connectivity index (χ3v) is 2.71. The number of hydrogen-bond donors (Lipinski definition) is 0. The molecule has 0 amide bonds. The van der Waals surface area contributed by atoms with Crippen LogP contribution in [0.5, 0.6) is 0 Å². The van der Waals surface area contributed by atoms with Crippen molar-refractivity contribution >= 4 is 21.7 Å². The molecule has 0 aliphatic carbocycles. The Balaban J connectivity index is 2.60. The normalized spacial score (nSPS) is 11.0. The fraction of sp³-hybridized carbons (Fsp3) is 0.0769. The van der Waals surface area contributed by atoms with Gasteiger partial charge >= 0.3 is 0 Å². The van der Waals surface area contributed by atoms with Crippen LogP contribution in [0, 0.1) is 6.92 Å². The monoisotopic (exact) mass is 194 g/mol. The minimum absolute atomic E-state index is 1.06. The Hall–Kier alpha value is -1.96. The molecular weight excluding hydrogens is 184 g/mol. The van der Waals surface area contributed by atoms with Gasteiger partial charge in [-0.05, 0) is 19.1 Å². The molecule has 2 heteroatoms. The third-order valence-electron chi connectivity index (χ3n) is 2.71. The van der Waals surface area contributed by atoms with E-state index >= 15 is 0 Å². The molecule has 15 heavy (non-hydrogen) atoms. The Morgan fingerprint density at radius 2 is 1.80 bits per heavy atom. The molecule has 0 aliphatic heterocycles. The number of hydrogen-bond acceptors (Lipinski definition) is 2. The highest BCUT2D eigenvalue weighted by Gasteiger charge is 2.02. The minimum Gasteiger partial charge on any atom is -0.261 e. The van der Waals surface area contributed by atoms with E-state index in [0.29, 0.717) is 0 Å². The molecule has 0 radical (unpaired) electrons. The van der Waals surface area contributed by atoms with E-state index in [2.05, 4.69) is 28.2 Å². The maximum atomic E-state index is 4.42. The van der Waals surface area contributed by atoms with Gasteiger partial charge in [0.1, 0.15) is 0 Å². The van der Waals surface area contributed by atoms with Gasteiger partial charge in [0.15, 0.2) is 0 Å². The Kier molecular flexibility index (Phi) is 1.68. The molecule has 2 nitrogen and oxygen atoms in total. The molecule has 2 aromatic heterocycles. The Morgan fingerprint density at radius 3 is 2.73 bits per heavy atom. The first-order chi connectivity index (χ1) is 7.36. The fourth-order valence-corrected chi connectivity index (χ4v) is 1.95. The first-order valence-electron chi connectivity index (χ1n) is 4.95. The lowest BCUT2D eigenvalue weighted by molar-refractivity contribution is 1.24. The van der Waals surface area contributed by atoms with Crippen LogP contribution in [0.4, 0.5) is 0 Å². The zero-order valence-corrected chi connectivity index (χ0v) is 8.44. The van der Waals surface area contributed by atoms with E-state index in [9.17, 15) is 0 Å². The van der Waals surface area contributed by atoms with Crippen LogP contribution in [0.3, 0.4) is 0 Å². The van der Waals surface area contributed by atoms with Crippen molar-refractivity contribution in [1.29, 1.82) is 0 Å². The molecular formula is C13H10N2. The second-order valence-corrected chi connectivity index (χ2v) is 3.63. The first-order valence-corrected chi connectivity index (χ1v) is 4.95. The van der Waals surface area contributed by atoms with Crippen LogP contribution in [0.1, 0.15) is 5.69 Å². The first kappa shape index (κ1) is 8.36. The van der Waals surface area contributed by atoms with E-state index in [1.54, 1.807) is 0 Å². The highest BCUT2D eigenvalue weighted by molar-refractivity contribution is 6.05. The zero-order valence-electron chi connectivity index (χ0n) is 8.44. The number of rotatable bonds is 0. The van der Waals surface area contributed by atoms with Crippen molar-refractivity contribution in [2.24, 2.45) is 0 Å². The molecule has 0 spiro atoms. The van der Waals surface area contributed by atoms with E-state index < -0.39 is 0 Å². The van der Waals surface area contributed by atoms with Gasteiger partial charge in [-0.3, -0.25) is 9.97 Å². The number of aromatic nitrogens is 2. The molecule has 1 aromatic carbocycles. The van der Waals surface area contributed by atoms with Crippen LogP contribution in [-0.4, -0.2) is 9.97 Å². The van der Waals surface area contributed by atoms with Crippen LogP contribution in [0.2, 0.25) is 0 Å². The van der Waals surface area contributed by atoms with Crippen molar-refractivity contribution in [3.8, 4) is 0 Å². The summed E-state index contributed by atoms with van der Waals surface area (Å²) >= 11 is 0. The minimum atomic E-state index is 1.06. The molecule has 0 saturated heterocycles. The summed E-state index contributed by atoms with van der Waals surface area (Å²) in [5.41, 5.74) is 2.11. The average Bonchev–Trinajstić information content (AvgIpc) is 2.29. The molecule has 0 fully saturated rings. The van der Waals surface area contributed by atoms with Crippen LogP contribution in [0.25, 0.3) is 21.7 Å². The number of aryl methyl sites for hydroxylation is 1. The number of pyridine rings is 2. The van der Waals surface area contributed by atoms with Gasteiger partial charge in [-0.1, -0.05) is 18.2 Å². The largest absolute Gasteiger partial charge is 0.261 e. The van der Waals surface area contributed by atoms with Gasteiger partial charge in [0.05, 0.1) is 5.52 Å². The van der Waals surface area contributed by atoms with Crippen molar-refractivity contribution in [3.05, 3.63) is 48.4 Å². The van der Waals surface area contributed by atoms with Crippen molar-refractivity contribution in [3.63, 3.8) is 0 Å². The van der Waals surface area contributed by atoms with E-state index in [0.717, 1.165) is 11.2 Å². The zero-order chi connectivity index (χ0) is 10.3. The van der Waals surface area contributed by atoms with Gasteiger partial charge < -0.3 is 0 Å². The van der Waals surface area contributed by atoms with Gasteiger partial charge in [-0.15, -0.1) is 0 Å². The van der Waals surface area contributed by atoms with E-state index in [4.69, 9.17) is 0 Å². The van der Waals surface area contributed by atoms with Crippen LogP contribution >= 0.6 is 0 Å². The second kappa shape index (κ2) is 3.02. The Labute approximate surface area is 87.6 Å². The number of benzene rings is 1. The van der Waals surface area contributed by atoms with Gasteiger partial charge in [-0.25, -0.2) is 0 Å². The van der Waals surface area contributed by atoms with Crippen molar-refractivity contribution in [2.45, 2.75) is 6.92 Å². The number of fused-ring (bicyclic) bond motifs is 3. The van der Waals surface area contributed by atoms with Crippen LogP contribution in [-0.2, 0) is 0 Å². The van der Waals surface area contributed by atoms with E-state index in [1.165, 1.54) is 16.2 Å². The second-order valence-electron chi connectivity index (χ2n) is 3.63. The highest BCUT2D eigenvalue weighted by atomic mass is 14.7. The molecule has 3 rings (SSSR count). The topological polar surface area (TPSA) is 25.8 Å². The summed E-state index contributed by atoms with van der Waals surface area (Å²) < 4.78 is 0. The maximum absolute atomic E-state index is 4.42. The number of nitrogens with zero attached hydrogens (tertiary/aromatic N) is 2. The van der Waals surface area contributed by atoms with Crippen molar-refractivity contribution in [1.82, 2.24) is 9.97 Å². The molecule has 0 unspecified atom stereocenters. The van der Waals surface area contributed by atoms with E-state index in [1.807, 2.05) is 31.5 Å². The average molecular weight is 194 g/mol. The van der Waals surface area contributed by atoms with Crippen molar-refractivity contribution in [2.75, 3.05) is 0 Å². The predicted molar refractivity (Wildman–Crippen MR) is 61.8 cm³/mol. The predicted octanol–water partition coefficient (Wildman–Crippen LogP) is 3.09. The lowest BCUT2D eigenvalue weighted by Crippen LogP contribution is -1.86. The summed E-state index contributed by atoms with van der Waals surface area (Å²) in [4.78, 5) is 8.71. The standard InChI is InChI=1S/C13H10N2/c1-9-11-5-4-10-3-2-7-15-13(10)12(11)6-8-14-9/h2-8H,1H3. The summed E-state index contributed by atoms with van der Waals surface area (Å²) in [7, 11) is 0. The summed E-state index contributed by atoms with van der Waals surface area (Å²) in [5, 5.41) is 3.54. The molecule has 3 aromatic rings. The smallest absolute Gasteiger partial charge is 0.0781 e. The lowest BCUT2D eigenvalue weighted by atomic mass is 10.1.